The average molecular weight is 244 g/mol. The van der Waals surface area contributed by atoms with E-state index in [9.17, 15) is 34.3 Å². The van der Waals surface area contributed by atoms with Crippen LogP contribution in [-0.4, -0.2) is 20.7 Å². The van der Waals surface area contributed by atoms with Crippen molar-refractivity contribution in [3.63, 3.8) is 0 Å². The van der Waals surface area contributed by atoms with Crippen molar-refractivity contribution in [3.05, 3.63) is 11.7 Å². The first-order chi connectivity index (χ1) is 5.96. The first-order valence-corrected chi connectivity index (χ1v) is 4.14. The molecule has 0 aliphatic heterocycles. The van der Waals surface area contributed by atoms with Gasteiger partial charge in [0.1, 0.15) is 6.26 Å². The maximum Gasteiger partial charge on any atom is 0.498 e. The van der Waals surface area contributed by atoms with Crippen LogP contribution in [0.2, 0.25) is 0 Å². The van der Waals surface area contributed by atoms with E-state index in [1.54, 1.807) is 0 Å². The maximum absolute atomic E-state index is 11.8. The van der Waals surface area contributed by atoms with E-state index in [1.165, 1.54) is 0 Å². The van der Waals surface area contributed by atoms with Crippen molar-refractivity contribution < 1.29 is 39.0 Å². The summed E-state index contributed by atoms with van der Waals surface area (Å²) in [6.07, 6.45) is -12.2. The summed E-state index contributed by atoms with van der Waals surface area (Å²) in [5.74, 6) is 0. The molecule has 0 saturated carbocycles. The summed E-state index contributed by atoms with van der Waals surface area (Å²) >= 11 is 0. The van der Waals surface area contributed by atoms with Gasteiger partial charge < -0.3 is 4.74 Å². The van der Waals surface area contributed by atoms with Gasteiger partial charge in [0.05, 0.1) is 5.41 Å². The van der Waals surface area contributed by atoms with Crippen LogP contribution in [0.5, 0.6) is 0 Å². The fraction of sp³-hybridized carbons (Fsp3) is 0.500. The van der Waals surface area contributed by atoms with Crippen molar-refractivity contribution in [3.8, 4) is 0 Å². The number of alkyl halides is 5. The molecule has 0 saturated heterocycles. The quantitative estimate of drug-likeness (QED) is 0.433. The van der Waals surface area contributed by atoms with Gasteiger partial charge in [-0.3, -0.25) is 0 Å². The topological polar surface area (TPSA) is 43.4 Å². The summed E-state index contributed by atoms with van der Waals surface area (Å²) < 4.78 is 90.9. The van der Waals surface area contributed by atoms with Crippen LogP contribution in [0.1, 0.15) is 0 Å². The highest BCUT2D eigenvalue weighted by molar-refractivity contribution is 7.89. The van der Waals surface area contributed by atoms with E-state index in [1.807, 2.05) is 0 Å². The molecule has 0 unspecified atom stereocenters. The second kappa shape index (κ2) is 3.67. The third kappa shape index (κ3) is 4.35. The second-order valence-electron chi connectivity index (χ2n) is 1.88. The van der Waals surface area contributed by atoms with Gasteiger partial charge in [0.25, 0.3) is 0 Å². The normalized spacial score (nSPS) is 14.7. The van der Waals surface area contributed by atoms with Crippen molar-refractivity contribution in [1.29, 1.82) is 0 Å². The van der Waals surface area contributed by atoms with Gasteiger partial charge in [-0.2, -0.15) is 30.4 Å². The lowest BCUT2D eigenvalue weighted by molar-refractivity contribution is -0.375. The molecule has 0 radical (unpaired) electrons. The predicted molar refractivity (Wildman–Crippen MR) is 31.3 cm³/mol. The van der Waals surface area contributed by atoms with Crippen molar-refractivity contribution in [2.75, 3.05) is 0 Å². The Morgan fingerprint density at radius 2 is 1.50 bits per heavy atom. The lowest BCUT2D eigenvalue weighted by atomic mass is 10.6. The van der Waals surface area contributed by atoms with E-state index in [4.69, 9.17) is 0 Å². The third-order valence-electron chi connectivity index (χ3n) is 0.764. The average Bonchev–Trinajstić information content (AvgIpc) is 1.80. The summed E-state index contributed by atoms with van der Waals surface area (Å²) in [5.41, 5.74) is 0. The summed E-state index contributed by atoms with van der Waals surface area (Å²) in [7, 11) is -5.30. The molecule has 0 fully saturated rings. The van der Waals surface area contributed by atoms with Crippen LogP contribution in [-0.2, 0) is 15.0 Å². The zero-order valence-electron chi connectivity index (χ0n) is 6.06. The zero-order valence-corrected chi connectivity index (χ0v) is 6.87. The Morgan fingerprint density at radius 3 is 1.79 bits per heavy atom. The lowest BCUT2D eigenvalue weighted by Crippen LogP contribution is -2.37. The lowest BCUT2D eigenvalue weighted by Gasteiger charge is -2.17. The van der Waals surface area contributed by atoms with Crippen molar-refractivity contribution >= 4 is 10.2 Å². The van der Waals surface area contributed by atoms with E-state index in [0.717, 1.165) is 0 Å². The molecule has 0 bridgehead atoms. The number of halogens is 6. The van der Waals surface area contributed by atoms with Gasteiger partial charge in [-0.15, -0.1) is 3.89 Å². The van der Waals surface area contributed by atoms with Gasteiger partial charge in [0, 0.05) is 0 Å². The van der Waals surface area contributed by atoms with Crippen molar-refractivity contribution in [2.45, 2.75) is 12.3 Å². The molecule has 0 aromatic carbocycles. The van der Waals surface area contributed by atoms with E-state index >= 15 is 0 Å². The van der Waals surface area contributed by atoms with Gasteiger partial charge in [-0.05, 0) is 0 Å². The Kier molecular flexibility index (Phi) is 3.43. The molecule has 0 amide bonds. The Hall–Kier alpha value is -0.930. The molecule has 3 nitrogen and oxygen atoms in total. The summed E-state index contributed by atoms with van der Waals surface area (Å²) in [6, 6.07) is 0. The van der Waals surface area contributed by atoms with Crippen LogP contribution in [0, 0.1) is 0 Å². The summed E-state index contributed by atoms with van der Waals surface area (Å²) in [4.78, 5) is 0. The van der Waals surface area contributed by atoms with Crippen LogP contribution in [0.4, 0.5) is 25.8 Å². The Bertz CT molecular complexity index is 314. The van der Waals surface area contributed by atoms with Crippen LogP contribution in [0.25, 0.3) is 0 Å². The maximum atomic E-state index is 11.8. The van der Waals surface area contributed by atoms with Gasteiger partial charge >= 0.3 is 22.5 Å². The fourth-order valence-corrected chi connectivity index (χ4v) is 0.435. The molecule has 84 valence electrons. The fourth-order valence-electron chi connectivity index (χ4n) is 0.246. The molecule has 0 heterocycles. The third-order valence-corrected chi connectivity index (χ3v) is 1.20. The van der Waals surface area contributed by atoms with E-state index < -0.39 is 34.2 Å². The number of hydrogen-bond donors (Lipinski definition) is 0. The van der Waals surface area contributed by atoms with Crippen molar-refractivity contribution in [2.24, 2.45) is 0 Å². The molecule has 0 aliphatic carbocycles. The molecule has 14 heavy (non-hydrogen) atoms. The molecule has 0 N–H and O–H groups in total. The molecule has 0 rings (SSSR count). The standard InChI is InChI=1S/C4H2F6O3S/c5-3(6,7)4(8,9)13-1-2-14(10,11)12/h1-2H. The van der Waals surface area contributed by atoms with Crippen LogP contribution < -0.4 is 0 Å². The van der Waals surface area contributed by atoms with E-state index in [-0.39, 0.29) is 0 Å². The van der Waals surface area contributed by atoms with Gasteiger partial charge in [-0.1, -0.05) is 0 Å². The van der Waals surface area contributed by atoms with Gasteiger partial charge in [0.15, 0.2) is 0 Å². The van der Waals surface area contributed by atoms with Crippen molar-refractivity contribution in [1.82, 2.24) is 0 Å². The summed E-state index contributed by atoms with van der Waals surface area (Å²) in [5, 5.41) is -0.577. The van der Waals surface area contributed by atoms with Crippen LogP contribution in [0.15, 0.2) is 11.7 Å². The largest absolute Gasteiger partial charge is 0.498 e. The highest BCUT2D eigenvalue weighted by Gasteiger charge is 2.60. The first kappa shape index (κ1) is 13.1. The summed E-state index contributed by atoms with van der Waals surface area (Å²) in [6.45, 7) is 0. The van der Waals surface area contributed by atoms with E-state index in [2.05, 4.69) is 4.74 Å². The monoisotopic (exact) mass is 244 g/mol. The highest BCUT2D eigenvalue weighted by Crippen LogP contribution is 2.36. The Balaban J connectivity index is 4.49. The van der Waals surface area contributed by atoms with Crippen LogP contribution >= 0.6 is 0 Å². The molecule has 10 heteroatoms. The van der Waals surface area contributed by atoms with Gasteiger partial charge in [0.2, 0.25) is 0 Å². The number of ether oxygens (including phenoxy) is 1. The smallest absolute Gasteiger partial charge is 0.433 e. The van der Waals surface area contributed by atoms with E-state index in [0.29, 0.717) is 0 Å². The molecule has 0 spiro atoms. The number of rotatable bonds is 3. The predicted octanol–water partition coefficient (Wildman–Crippen LogP) is 1.93. The second-order valence-corrected chi connectivity index (χ2v) is 3.10. The molecular formula is C4H2F6O3S. The Labute approximate surface area is 74.2 Å². The Morgan fingerprint density at radius 1 is 1.07 bits per heavy atom. The molecule has 0 aliphatic rings. The molecule has 0 aromatic heterocycles. The molecular weight excluding hydrogens is 242 g/mol. The molecule has 0 aromatic rings. The zero-order chi connectivity index (χ0) is 11.6. The highest BCUT2D eigenvalue weighted by atomic mass is 32.3. The minimum atomic E-state index is -6.00. The minimum Gasteiger partial charge on any atom is -0.433 e. The minimum absolute atomic E-state index is 0.577. The van der Waals surface area contributed by atoms with Crippen LogP contribution in [0.3, 0.4) is 0 Å². The molecule has 0 atom stereocenters. The number of hydrogen-bond acceptors (Lipinski definition) is 3. The SMILES string of the molecule is O=S(=O)(F)C=COC(F)(F)C(F)(F)F. The first-order valence-electron chi connectivity index (χ1n) is 2.69. The van der Waals surface area contributed by atoms with Gasteiger partial charge in [-0.25, -0.2) is 0 Å².